The Labute approximate surface area is 173 Å². The lowest BCUT2D eigenvalue weighted by Gasteiger charge is -2.14. The number of aliphatic carboxylic acids is 1. The van der Waals surface area contributed by atoms with Crippen LogP contribution in [0.2, 0.25) is 0 Å². The summed E-state index contributed by atoms with van der Waals surface area (Å²) in [5.74, 6) is -2.33. The zero-order valence-corrected chi connectivity index (χ0v) is 17.0. The number of nitrogens with one attached hydrogen (secondary N) is 1. The van der Waals surface area contributed by atoms with E-state index < -0.39 is 30.4 Å². The number of nitrogens with zero attached hydrogens (tertiary/aromatic N) is 2. The Morgan fingerprint density at radius 3 is 2.43 bits per heavy atom. The number of hydrogen-bond acceptors (Lipinski definition) is 6. The van der Waals surface area contributed by atoms with Crippen LogP contribution in [0.1, 0.15) is 54.4 Å². The highest BCUT2D eigenvalue weighted by atomic mass is 19.1. The van der Waals surface area contributed by atoms with Gasteiger partial charge in [0.2, 0.25) is 0 Å². The zero-order chi connectivity index (χ0) is 22.4. The van der Waals surface area contributed by atoms with Crippen LogP contribution in [0.15, 0.2) is 30.3 Å². The van der Waals surface area contributed by atoms with E-state index in [0.717, 1.165) is 0 Å². The fourth-order valence-corrected chi connectivity index (χ4v) is 3.07. The van der Waals surface area contributed by atoms with Crippen molar-refractivity contribution in [1.82, 2.24) is 15.1 Å². The Morgan fingerprint density at radius 2 is 1.90 bits per heavy atom. The van der Waals surface area contributed by atoms with Crippen molar-refractivity contribution in [2.75, 3.05) is 7.05 Å². The number of benzene rings is 1. The fourth-order valence-electron chi connectivity index (χ4n) is 3.07. The molecule has 1 aromatic carbocycles. The summed E-state index contributed by atoms with van der Waals surface area (Å²) >= 11 is 0. The highest BCUT2D eigenvalue weighted by molar-refractivity contribution is 5.94. The summed E-state index contributed by atoms with van der Waals surface area (Å²) in [7, 11) is 1.49. The van der Waals surface area contributed by atoms with Crippen molar-refractivity contribution < 1.29 is 29.3 Å². The molecular weight excluding hydrogens is 393 g/mol. The molecule has 0 spiro atoms. The molecule has 0 unspecified atom stereocenters. The largest absolute Gasteiger partial charge is 0.550 e. The molecular formula is C21H25FN3O5-. The number of aliphatic hydroxyl groups is 2. The van der Waals surface area contributed by atoms with E-state index in [1.807, 2.05) is 13.8 Å². The summed E-state index contributed by atoms with van der Waals surface area (Å²) in [6.45, 7) is 3.77. The predicted octanol–water partition coefficient (Wildman–Crippen LogP) is 0.759. The standard InChI is InChI=1S/C21H26FN3O5/c1-12(2)19-17(9-8-15(26)10-16(27)11-18(28)29)25(24-20(19)21(30)23-3)14-6-4-13(22)5-7-14/h4-9,12,15-16,26-27H,10-11H2,1-3H3,(H,23,30)(H,28,29)/p-1/b9-8+/t15-,16-/m1/s1. The fraction of sp³-hybridized carbons (Fsp3) is 0.381. The first-order chi connectivity index (χ1) is 14.1. The maximum Gasteiger partial charge on any atom is 0.271 e. The molecule has 0 radical (unpaired) electrons. The highest BCUT2D eigenvalue weighted by Gasteiger charge is 2.24. The van der Waals surface area contributed by atoms with Crippen LogP contribution in [-0.4, -0.2) is 51.1 Å². The quantitative estimate of drug-likeness (QED) is 0.552. The van der Waals surface area contributed by atoms with Gasteiger partial charge >= 0.3 is 0 Å². The van der Waals surface area contributed by atoms with E-state index in [2.05, 4.69) is 10.4 Å². The van der Waals surface area contributed by atoms with E-state index in [1.54, 1.807) is 6.08 Å². The molecule has 0 saturated heterocycles. The molecule has 0 aliphatic heterocycles. The lowest BCUT2D eigenvalue weighted by molar-refractivity contribution is -0.307. The van der Waals surface area contributed by atoms with Crippen LogP contribution in [0.25, 0.3) is 11.8 Å². The summed E-state index contributed by atoms with van der Waals surface area (Å²) in [4.78, 5) is 22.9. The molecule has 9 heteroatoms. The molecule has 0 aliphatic carbocycles. The maximum absolute atomic E-state index is 13.4. The van der Waals surface area contributed by atoms with Gasteiger partial charge in [0.1, 0.15) is 5.82 Å². The van der Waals surface area contributed by atoms with Crippen LogP contribution in [0, 0.1) is 5.82 Å². The van der Waals surface area contributed by atoms with Crippen LogP contribution in [0.3, 0.4) is 0 Å². The molecule has 1 aromatic heterocycles. The molecule has 3 N–H and O–H groups in total. The van der Waals surface area contributed by atoms with Crippen molar-refractivity contribution in [2.45, 2.75) is 44.8 Å². The van der Waals surface area contributed by atoms with Crippen LogP contribution >= 0.6 is 0 Å². The zero-order valence-electron chi connectivity index (χ0n) is 17.0. The van der Waals surface area contributed by atoms with Gasteiger partial charge < -0.3 is 25.4 Å². The van der Waals surface area contributed by atoms with Crippen LogP contribution in [0.5, 0.6) is 0 Å². The lowest BCUT2D eigenvalue weighted by atomic mass is 9.98. The van der Waals surface area contributed by atoms with Gasteiger partial charge in [-0.15, -0.1) is 0 Å². The third-order valence-electron chi connectivity index (χ3n) is 4.44. The van der Waals surface area contributed by atoms with Gasteiger partial charge in [0, 0.05) is 31.4 Å². The van der Waals surface area contributed by atoms with Crippen molar-refractivity contribution in [1.29, 1.82) is 0 Å². The number of carbonyl (C=O) groups excluding carboxylic acids is 2. The number of aliphatic hydroxyl groups excluding tert-OH is 2. The maximum atomic E-state index is 13.4. The van der Waals surface area contributed by atoms with E-state index in [1.165, 1.54) is 42.1 Å². The van der Waals surface area contributed by atoms with Gasteiger partial charge in [0.15, 0.2) is 5.69 Å². The minimum absolute atomic E-state index is 0.105. The van der Waals surface area contributed by atoms with E-state index in [-0.39, 0.29) is 23.9 Å². The number of aromatic nitrogens is 2. The van der Waals surface area contributed by atoms with Crippen molar-refractivity contribution in [3.05, 3.63) is 53.1 Å². The number of amides is 1. The third-order valence-corrected chi connectivity index (χ3v) is 4.44. The van der Waals surface area contributed by atoms with E-state index >= 15 is 0 Å². The van der Waals surface area contributed by atoms with E-state index in [9.17, 15) is 29.3 Å². The average Bonchev–Trinajstić information content (AvgIpc) is 3.05. The number of carbonyl (C=O) groups is 2. The Morgan fingerprint density at radius 1 is 1.27 bits per heavy atom. The summed E-state index contributed by atoms with van der Waals surface area (Å²) in [6.07, 6.45) is -0.254. The van der Waals surface area contributed by atoms with Gasteiger partial charge in [0.05, 0.1) is 23.6 Å². The average molecular weight is 418 g/mol. The number of halogens is 1. The van der Waals surface area contributed by atoms with Crippen LogP contribution in [-0.2, 0) is 4.79 Å². The van der Waals surface area contributed by atoms with Crippen molar-refractivity contribution in [3.63, 3.8) is 0 Å². The molecule has 2 atom stereocenters. The van der Waals surface area contributed by atoms with Crippen molar-refractivity contribution >= 4 is 18.0 Å². The minimum atomic E-state index is -1.41. The van der Waals surface area contributed by atoms with Crippen molar-refractivity contribution in [2.24, 2.45) is 0 Å². The van der Waals surface area contributed by atoms with Gasteiger partial charge in [-0.1, -0.05) is 19.9 Å². The highest BCUT2D eigenvalue weighted by Crippen LogP contribution is 2.28. The molecule has 1 heterocycles. The molecule has 0 aliphatic rings. The first kappa shape index (κ1) is 23.2. The molecule has 2 aromatic rings. The van der Waals surface area contributed by atoms with Gasteiger partial charge in [-0.2, -0.15) is 5.10 Å². The van der Waals surface area contributed by atoms with Crippen LogP contribution < -0.4 is 10.4 Å². The third kappa shape index (κ3) is 5.74. The summed E-state index contributed by atoms with van der Waals surface area (Å²) in [6, 6.07) is 5.56. The van der Waals surface area contributed by atoms with Gasteiger partial charge in [-0.05, 0) is 36.3 Å². The Bertz CT molecular complexity index is 921. The molecule has 0 bridgehead atoms. The summed E-state index contributed by atoms with van der Waals surface area (Å²) < 4.78 is 14.8. The van der Waals surface area contributed by atoms with Gasteiger partial charge in [0.25, 0.3) is 5.91 Å². The Hall–Kier alpha value is -3.04. The monoisotopic (exact) mass is 418 g/mol. The molecule has 162 valence electrons. The molecule has 8 nitrogen and oxygen atoms in total. The molecule has 1 amide bonds. The molecule has 0 saturated carbocycles. The number of rotatable bonds is 9. The first-order valence-corrected chi connectivity index (χ1v) is 9.49. The summed E-state index contributed by atoms with van der Waals surface area (Å²) in [5, 5.41) is 37.3. The van der Waals surface area contributed by atoms with Crippen LogP contribution in [0.4, 0.5) is 4.39 Å². The van der Waals surface area contributed by atoms with E-state index in [0.29, 0.717) is 16.9 Å². The SMILES string of the molecule is CNC(=O)c1nn(-c2ccc(F)cc2)c(/C=C/[C@@H](O)C[C@@H](O)CC(=O)[O-])c1C(C)C. The number of hydrogen-bond donors (Lipinski definition) is 3. The second-order valence-electron chi connectivity index (χ2n) is 7.16. The van der Waals surface area contributed by atoms with Gasteiger partial charge in [-0.25, -0.2) is 9.07 Å². The molecule has 2 rings (SSSR count). The molecule has 30 heavy (non-hydrogen) atoms. The van der Waals surface area contributed by atoms with Crippen molar-refractivity contribution in [3.8, 4) is 5.69 Å². The smallest absolute Gasteiger partial charge is 0.271 e. The normalized spacial score (nSPS) is 13.6. The topological polar surface area (TPSA) is 128 Å². The number of carboxylic acids is 1. The predicted molar refractivity (Wildman–Crippen MR) is 106 cm³/mol. The van der Waals surface area contributed by atoms with E-state index in [4.69, 9.17) is 0 Å². The first-order valence-electron chi connectivity index (χ1n) is 9.49. The minimum Gasteiger partial charge on any atom is -0.550 e. The molecule has 0 fully saturated rings. The summed E-state index contributed by atoms with van der Waals surface area (Å²) in [5.41, 5.74) is 1.84. The Balaban J connectivity index is 2.49. The second kappa shape index (κ2) is 10.1. The lowest BCUT2D eigenvalue weighted by Crippen LogP contribution is -2.29. The second-order valence-corrected chi connectivity index (χ2v) is 7.16. The number of carboxylic acid groups (broad SMARTS) is 1. The van der Waals surface area contributed by atoms with Gasteiger partial charge in [-0.3, -0.25) is 4.79 Å². The Kier molecular flexibility index (Phi) is 7.85.